The van der Waals surface area contributed by atoms with E-state index in [1.54, 1.807) is 0 Å². The fraction of sp³-hybridized carbons (Fsp3) is 0.143. The Morgan fingerprint density at radius 2 is 1.94 bits per heavy atom. The van der Waals surface area contributed by atoms with Gasteiger partial charge in [-0.25, -0.2) is 4.39 Å². The molecule has 1 atom stereocenters. The number of nitrogens with two attached hydrogens (primary N) is 1. The number of halogens is 1. The zero-order valence-corrected chi connectivity index (χ0v) is 10.8. The van der Waals surface area contributed by atoms with Crippen molar-refractivity contribution in [1.29, 1.82) is 0 Å². The summed E-state index contributed by atoms with van der Waals surface area (Å²) in [6.45, 7) is 1.97. The van der Waals surface area contributed by atoms with Crippen LogP contribution < -0.4 is 5.73 Å². The molecule has 0 spiro atoms. The third-order valence-electron chi connectivity index (χ3n) is 2.76. The topological polar surface area (TPSA) is 43.1 Å². The van der Waals surface area contributed by atoms with Crippen LogP contribution in [0.1, 0.15) is 11.1 Å². The predicted octanol–water partition coefficient (Wildman–Crippen LogP) is 3.02. The van der Waals surface area contributed by atoms with E-state index in [0.717, 1.165) is 11.1 Å². The fourth-order valence-corrected chi connectivity index (χ4v) is 3.02. The highest BCUT2D eigenvalue weighted by atomic mass is 32.2. The van der Waals surface area contributed by atoms with Crippen molar-refractivity contribution in [3.63, 3.8) is 0 Å². The Bertz CT molecular complexity index is 598. The lowest BCUT2D eigenvalue weighted by atomic mass is 10.1. The number of anilines is 1. The summed E-state index contributed by atoms with van der Waals surface area (Å²) >= 11 is 0. The van der Waals surface area contributed by atoms with Crippen LogP contribution in [0.3, 0.4) is 0 Å². The zero-order valence-electron chi connectivity index (χ0n) is 10.0. The lowest BCUT2D eigenvalue weighted by molar-refractivity contribution is 0.627. The van der Waals surface area contributed by atoms with Crippen LogP contribution in [-0.4, -0.2) is 4.21 Å². The molecule has 0 radical (unpaired) electrons. The lowest BCUT2D eigenvalue weighted by Gasteiger charge is -2.08. The molecule has 94 valence electrons. The van der Waals surface area contributed by atoms with Gasteiger partial charge in [-0.05, 0) is 36.2 Å². The molecule has 0 bridgehead atoms. The molecule has 0 fully saturated rings. The van der Waals surface area contributed by atoms with Crippen molar-refractivity contribution in [1.82, 2.24) is 0 Å². The maximum absolute atomic E-state index is 12.9. The normalized spacial score (nSPS) is 12.3. The maximum Gasteiger partial charge on any atom is 0.125 e. The van der Waals surface area contributed by atoms with Crippen LogP contribution in [0.2, 0.25) is 0 Å². The quantitative estimate of drug-likeness (QED) is 0.865. The van der Waals surface area contributed by atoms with E-state index in [0.29, 0.717) is 10.6 Å². The molecule has 2 nitrogen and oxygen atoms in total. The number of aryl methyl sites for hydroxylation is 1. The largest absolute Gasteiger partial charge is 0.398 e. The number of hydrogen-bond donors (Lipinski definition) is 1. The molecule has 2 N–H and O–H groups in total. The van der Waals surface area contributed by atoms with Gasteiger partial charge < -0.3 is 5.73 Å². The van der Waals surface area contributed by atoms with Crippen molar-refractivity contribution in [2.75, 3.05) is 5.73 Å². The Balaban J connectivity index is 2.25. The Morgan fingerprint density at radius 3 is 2.61 bits per heavy atom. The van der Waals surface area contributed by atoms with Crippen molar-refractivity contribution in [3.05, 3.63) is 59.4 Å². The second kappa shape index (κ2) is 5.31. The van der Waals surface area contributed by atoms with Crippen molar-refractivity contribution < 1.29 is 8.60 Å². The van der Waals surface area contributed by atoms with Crippen LogP contribution in [0.4, 0.5) is 10.1 Å². The SMILES string of the molecule is Cc1ccccc1CS(=O)c1ccc(F)cc1N. The van der Waals surface area contributed by atoms with Gasteiger partial charge in [-0.2, -0.15) is 0 Å². The van der Waals surface area contributed by atoms with Crippen LogP contribution in [-0.2, 0) is 16.6 Å². The maximum atomic E-state index is 12.9. The molecule has 0 saturated carbocycles. The highest BCUT2D eigenvalue weighted by Gasteiger charge is 2.10. The Morgan fingerprint density at radius 1 is 1.22 bits per heavy atom. The third kappa shape index (κ3) is 2.76. The summed E-state index contributed by atoms with van der Waals surface area (Å²) in [5, 5.41) is 0. The summed E-state index contributed by atoms with van der Waals surface area (Å²) in [6.07, 6.45) is 0. The number of nitrogen functional groups attached to an aromatic ring is 1. The van der Waals surface area contributed by atoms with E-state index < -0.39 is 16.6 Å². The predicted molar refractivity (Wildman–Crippen MR) is 72.1 cm³/mol. The first kappa shape index (κ1) is 12.8. The van der Waals surface area contributed by atoms with E-state index in [9.17, 15) is 8.60 Å². The first-order chi connectivity index (χ1) is 8.58. The van der Waals surface area contributed by atoms with E-state index in [4.69, 9.17) is 5.73 Å². The Labute approximate surface area is 108 Å². The summed E-state index contributed by atoms with van der Waals surface area (Å²) < 4.78 is 25.1. The Kier molecular flexibility index (Phi) is 3.77. The molecule has 0 aliphatic rings. The summed E-state index contributed by atoms with van der Waals surface area (Å²) in [6, 6.07) is 11.7. The molecule has 0 aliphatic carbocycles. The van der Waals surface area contributed by atoms with Gasteiger partial charge in [0.25, 0.3) is 0 Å². The van der Waals surface area contributed by atoms with Gasteiger partial charge in [0.1, 0.15) is 5.82 Å². The molecule has 0 saturated heterocycles. The van der Waals surface area contributed by atoms with Crippen molar-refractivity contribution in [2.24, 2.45) is 0 Å². The van der Waals surface area contributed by atoms with E-state index in [1.165, 1.54) is 18.2 Å². The summed E-state index contributed by atoms with van der Waals surface area (Å²) in [5.41, 5.74) is 8.02. The monoisotopic (exact) mass is 263 g/mol. The van der Waals surface area contributed by atoms with Gasteiger partial charge in [0.2, 0.25) is 0 Å². The molecule has 2 aromatic carbocycles. The summed E-state index contributed by atoms with van der Waals surface area (Å²) in [5.74, 6) is -0.0215. The second-order valence-electron chi connectivity index (χ2n) is 4.10. The van der Waals surface area contributed by atoms with Crippen LogP contribution in [0, 0.1) is 12.7 Å². The first-order valence-electron chi connectivity index (χ1n) is 5.56. The van der Waals surface area contributed by atoms with Gasteiger partial charge in [-0.15, -0.1) is 0 Å². The van der Waals surface area contributed by atoms with Crippen LogP contribution in [0.15, 0.2) is 47.4 Å². The van der Waals surface area contributed by atoms with Gasteiger partial charge >= 0.3 is 0 Å². The van der Waals surface area contributed by atoms with Gasteiger partial charge in [0.05, 0.1) is 27.1 Å². The lowest BCUT2D eigenvalue weighted by Crippen LogP contribution is -2.02. The first-order valence-corrected chi connectivity index (χ1v) is 6.87. The summed E-state index contributed by atoms with van der Waals surface area (Å²) in [7, 11) is -1.26. The smallest absolute Gasteiger partial charge is 0.125 e. The van der Waals surface area contributed by atoms with E-state index in [2.05, 4.69) is 0 Å². The molecule has 1 unspecified atom stereocenters. The third-order valence-corrected chi connectivity index (χ3v) is 4.20. The van der Waals surface area contributed by atoms with Gasteiger partial charge in [-0.1, -0.05) is 24.3 Å². The van der Waals surface area contributed by atoms with Crippen molar-refractivity contribution in [3.8, 4) is 0 Å². The summed E-state index contributed by atoms with van der Waals surface area (Å²) in [4.78, 5) is 0.486. The average Bonchev–Trinajstić information content (AvgIpc) is 2.32. The van der Waals surface area contributed by atoms with E-state index in [1.807, 2.05) is 31.2 Å². The van der Waals surface area contributed by atoms with Crippen LogP contribution >= 0.6 is 0 Å². The van der Waals surface area contributed by atoms with E-state index in [-0.39, 0.29) is 5.69 Å². The fourth-order valence-electron chi connectivity index (χ4n) is 1.72. The van der Waals surface area contributed by atoms with E-state index >= 15 is 0 Å². The molecule has 4 heteroatoms. The highest BCUT2D eigenvalue weighted by Crippen LogP contribution is 2.21. The molecule has 0 amide bonds. The van der Waals surface area contributed by atoms with Gasteiger partial charge in [-0.3, -0.25) is 4.21 Å². The van der Waals surface area contributed by atoms with Crippen molar-refractivity contribution >= 4 is 16.5 Å². The standard InChI is InChI=1S/C14H14FNOS/c1-10-4-2-3-5-11(10)9-18(17)14-7-6-12(15)8-13(14)16/h2-8H,9,16H2,1H3. The molecular formula is C14H14FNOS. The zero-order chi connectivity index (χ0) is 13.1. The van der Waals surface area contributed by atoms with Gasteiger partial charge in [0, 0.05) is 0 Å². The van der Waals surface area contributed by atoms with Crippen LogP contribution in [0.25, 0.3) is 0 Å². The Hall–Kier alpha value is -1.68. The highest BCUT2D eigenvalue weighted by molar-refractivity contribution is 7.84. The van der Waals surface area contributed by atoms with Crippen molar-refractivity contribution in [2.45, 2.75) is 17.6 Å². The molecule has 0 heterocycles. The van der Waals surface area contributed by atoms with Crippen LogP contribution in [0.5, 0.6) is 0 Å². The molecule has 0 aromatic heterocycles. The molecular weight excluding hydrogens is 249 g/mol. The average molecular weight is 263 g/mol. The minimum atomic E-state index is -1.26. The number of hydrogen-bond acceptors (Lipinski definition) is 2. The number of benzene rings is 2. The van der Waals surface area contributed by atoms with Gasteiger partial charge in [0.15, 0.2) is 0 Å². The molecule has 0 aliphatic heterocycles. The second-order valence-corrected chi connectivity index (χ2v) is 5.52. The minimum absolute atomic E-state index is 0.238. The number of rotatable bonds is 3. The minimum Gasteiger partial charge on any atom is -0.398 e. The molecule has 2 rings (SSSR count). The molecule has 2 aromatic rings. The molecule has 18 heavy (non-hydrogen) atoms.